The molecule has 0 aliphatic rings. The summed E-state index contributed by atoms with van der Waals surface area (Å²) in [5, 5.41) is 7.63. The van der Waals surface area contributed by atoms with Gasteiger partial charge in [0.25, 0.3) is 0 Å². The summed E-state index contributed by atoms with van der Waals surface area (Å²) in [6.07, 6.45) is 3.82. The first-order valence-corrected chi connectivity index (χ1v) is 7.10. The molecule has 3 atom stereocenters. The van der Waals surface area contributed by atoms with Crippen LogP contribution in [0.4, 0.5) is 0 Å². The monoisotopic (exact) mass is 286 g/mol. The molecule has 0 fully saturated rings. The summed E-state index contributed by atoms with van der Waals surface area (Å²) in [5.41, 5.74) is 7.53. The van der Waals surface area contributed by atoms with E-state index in [1.54, 1.807) is 0 Å². The summed E-state index contributed by atoms with van der Waals surface area (Å²) in [6.45, 7) is 6.10. The quantitative estimate of drug-likeness (QED) is 0.852. The summed E-state index contributed by atoms with van der Waals surface area (Å²) in [4.78, 5) is 11.7. The maximum Gasteiger partial charge on any atom is 0.239 e. The normalized spacial score (nSPS) is 15.4. The lowest BCUT2D eigenvalue weighted by molar-refractivity contribution is -0.120. The van der Waals surface area contributed by atoms with Crippen LogP contribution >= 0.6 is 0 Å². The van der Waals surface area contributed by atoms with Crippen LogP contribution < -0.4 is 11.1 Å². The number of nitrogens with one attached hydrogen (secondary N) is 1. The van der Waals surface area contributed by atoms with Crippen molar-refractivity contribution in [1.82, 2.24) is 15.1 Å². The fourth-order valence-corrected chi connectivity index (χ4v) is 2.28. The topological polar surface area (TPSA) is 72.9 Å². The fourth-order valence-electron chi connectivity index (χ4n) is 2.28. The maximum atomic E-state index is 11.7. The number of amides is 1. The van der Waals surface area contributed by atoms with Gasteiger partial charge in [0.15, 0.2) is 0 Å². The molecule has 0 aliphatic carbocycles. The lowest BCUT2D eigenvalue weighted by atomic mass is 10.0. The summed E-state index contributed by atoms with van der Waals surface area (Å²) in [6, 6.07) is 9.18. The Hall–Kier alpha value is -2.14. The standard InChI is InChI=1S/C16H22N4O/c1-11-9-18-20(10-11)13(3)12(2)19-15(16(17)21)14-7-5-4-6-8-14/h4-10,12-13,15,19H,1-3H3,(H2,17,21)/t12-,13+,15+/m0/s1. The van der Waals surface area contributed by atoms with E-state index in [0.717, 1.165) is 11.1 Å². The van der Waals surface area contributed by atoms with Crippen LogP contribution in [0.15, 0.2) is 42.7 Å². The van der Waals surface area contributed by atoms with Crippen molar-refractivity contribution in [3.05, 3.63) is 53.9 Å². The van der Waals surface area contributed by atoms with Gasteiger partial charge in [-0.15, -0.1) is 0 Å². The number of carbonyl (C=O) groups excluding carboxylic acids is 1. The number of primary amides is 1. The first-order valence-electron chi connectivity index (χ1n) is 7.10. The summed E-state index contributed by atoms with van der Waals surface area (Å²) in [5.74, 6) is -0.378. The lowest BCUT2D eigenvalue weighted by Crippen LogP contribution is -2.42. The largest absolute Gasteiger partial charge is 0.368 e. The molecule has 3 N–H and O–H groups in total. The van der Waals surface area contributed by atoms with Gasteiger partial charge in [-0.3, -0.25) is 14.8 Å². The number of aryl methyl sites for hydroxylation is 1. The first-order chi connectivity index (χ1) is 9.99. The van der Waals surface area contributed by atoms with E-state index in [4.69, 9.17) is 5.73 Å². The molecule has 0 saturated carbocycles. The predicted molar refractivity (Wildman–Crippen MR) is 82.7 cm³/mol. The van der Waals surface area contributed by atoms with Gasteiger partial charge >= 0.3 is 0 Å². The van der Waals surface area contributed by atoms with Crippen molar-refractivity contribution in [1.29, 1.82) is 0 Å². The molecule has 0 unspecified atom stereocenters. The Morgan fingerprint density at radius 1 is 1.29 bits per heavy atom. The Balaban J connectivity index is 2.12. The maximum absolute atomic E-state index is 11.7. The van der Waals surface area contributed by atoms with Crippen molar-refractivity contribution in [2.24, 2.45) is 5.73 Å². The Kier molecular flexibility index (Phi) is 4.75. The fraction of sp³-hybridized carbons (Fsp3) is 0.375. The van der Waals surface area contributed by atoms with Crippen molar-refractivity contribution < 1.29 is 4.79 Å². The molecule has 2 aromatic rings. The highest BCUT2D eigenvalue weighted by molar-refractivity contribution is 5.81. The molecule has 21 heavy (non-hydrogen) atoms. The van der Waals surface area contributed by atoms with Gasteiger partial charge in [0.2, 0.25) is 5.91 Å². The van der Waals surface area contributed by atoms with Crippen LogP contribution in [0.25, 0.3) is 0 Å². The van der Waals surface area contributed by atoms with E-state index < -0.39 is 6.04 Å². The average Bonchev–Trinajstić information content (AvgIpc) is 2.90. The minimum atomic E-state index is -0.500. The number of nitrogens with two attached hydrogens (primary N) is 1. The zero-order valence-electron chi connectivity index (χ0n) is 12.7. The second-order valence-corrected chi connectivity index (χ2v) is 5.44. The molecule has 0 radical (unpaired) electrons. The number of benzene rings is 1. The van der Waals surface area contributed by atoms with Gasteiger partial charge < -0.3 is 5.73 Å². The van der Waals surface area contributed by atoms with E-state index in [9.17, 15) is 4.79 Å². The van der Waals surface area contributed by atoms with E-state index in [0.29, 0.717) is 0 Å². The number of aromatic nitrogens is 2. The van der Waals surface area contributed by atoms with Crippen LogP contribution in [0.3, 0.4) is 0 Å². The van der Waals surface area contributed by atoms with Crippen LogP contribution in [0.1, 0.15) is 37.1 Å². The Morgan fingerprint density at radius 3 is 2.48 bits per heavy atom. The highest BCUT2D eigenvalue weighted by Gasteiger charge is 2.23. The minimum absolute atomic E-state index is 0.0435. The van der Waals surface area contributed by atoms with E-state index in [2.05, 4.69) is 17.3 Å². The summed E-state index contributed by atoms with van der Waals surface area (Å²) >= 11 is 0. The highest BCUT2D eigenvalue weighted by atomic mass is 16.1. The molecule has 1 aromatic heterocycles. The number of hydrogen-bond acceptors (Lipinski definition) is 3. The lowest BCUT2D eigenvalue weighted by Gasteiger charge is -2.26. The van der Waals surface area contributed by atoms with Crippen molar-refractivity contribution >= 4 is 5.91 Å². The van der Waals surface area contributed by atoms with Gasteiger partial charge in [-0.05, 0) is 31.9 Å². The van der Waals surface area contributed by atoms with Crippen LogP contribution in [-0.4, -0.2) is 21.7 Å². The van der Waals surface area contributed by atoms with Crippen molar-refractivity contribution in [2.75, 3.05) is 0 Å². The molecule has 0 spiro atoms. The predicted octanol–water partition coefficient (Wildman–Crippen LogP) is 1.96. The van der Waals surface area contributed by atoms with E-state index in [1.807, 2.05) is 61.3 Å². The second kappa shape index (κ2) is 6.54. The molecule has 0 bridgehead atoms. The molecule has 5 nitrogen and oxygen atoms in total. The number of rotatable bonds is 6. The molecule has 112 valence electrons. The van der Waals surface area contributed by atoms with Crippen molar-refractivity contribution in [3.63, 3.8) is 0 Å². The first kappa shape index (κ1) is 15.3. The van der Waals surface area contributed by atoms with Crippen LogP contribution in [0, 0.1) is 6.92 Å². The average molecular weight is 286 g/mol. The SMILES string of the molecule is Cc1cnn([C@H](C)[C@H](C)N[C@@H](C(N)=O)c2ccccc2)c1. The molecule has 2 rings (SSSR count). The van der Waals surface area contributed by atoms with Crippen LogP contribution in [-0.2, 0) is 4.79 Å². The molecule has 5 heteroatoms. The van der Waals surface area contributed by atoms with Crippen LogP contribution in [0.2, 0.25) is 0 Å². The molecule has 1 amide bonds. The third kappa shape index (κ3) is 3.70. The minimum Gasteiger partial charge on any atom is -0.368 e. The Morgan fingerprint density at radius 2 is 1.95 bits per heavy atom. The second-order valence-electron chi connectivity index (χ2n) is 5.44. The molecule has 1 aromatic carbocycles. The number of carbonyl (C=O) groups is 1. The molecule has 0 saturated heterocycles. The van der Waals surface area contributed by atoms with Gasteiger partial charge in [0.1, 0.15) is 6.04 Å². The zero-order valence-corrected chi connectivity index (χ0v) is 12.7. The number of hydrogen-bond donors (Lipinski definition) is 2. The van der Waals surface area contributed by atoms with Gasteiger partial charge in [-0.25, -0.2) is 0 Å². The van der Waals surface area contributed by atoms with E-state index in [-0.39, 0.29) is 18.0 Å². The van der Waals surface area contributed by atoms with Crippen LogP contribution in [0.5, 0.6) is 0 Å². The molecule has 1 heterocycles. The van der Waals surface area contributed by atoms with E-state index >= 15 is 0 Å². The van der Waals surface area contributed by atoms with Gasteiger partial charge in [-0.2, -0.15) is 5.10 Å². The third-order valence-corrected chi connectivity index (χ3v) is 3.72. The summed E-state index contributed by atoms with van der Waals surface area (Å²) < 4.78 is 1.90. The van der Waals surface area contributed by atoms with Gasteiger partial charge in [-0.1, -0.05) is 30.3 Å². The van der Waals surface area contributed by atoms with E-state index in [1.165, 1.54) is 0 Å². The van der Waals surface area contributed by atoms with Gasteiger partial charge in [0.05, 0.1) is 12.2 Å². The smallest absolute Gasteiger partial charge is 0.239 e. The molecule has 0 aliphatic heterocycles. The molecular formula is C16H22N4O. The Bertz CT molecular complexity index is 593. The highest BCUT2D eigenvalue weighted by Crippen LogP contribution is 2.17. The van der Waals surface area contributed by atoms with Gasteiger partial charge in [0, 0.05) is 12.2 Å². The number of nitrogens with zero attached hydrogens (tertiary/aromatic N) is 2. The third-order valence-electron chi connectivity index (χ3n) is 3.72. The summed E-state index contributed by atoms with van der Waals surface area (Å²) in [7, 11) is 0. The zero-order chi connectivity index (χ0) is 15.4. The molecular weight excluding hydrogens is 264 g/mol. The van der Waals surface area contributed by atoms with Crippen molar-refractivity contribution in [2.45, 2.75) is 38.9 Å². The van der Waals surface area contributed by atoms with Crippen molar-refractivity contribution in [3.8, 4) is 0 Å². The Labute approximate surface area is 125 Å².